The lowest BCUT2D eigenvalue weighted by molar-refractivity contribution is -0.142. The molecular weight excluding hydrogens is 401 g/mol. The lowest BCUT2D eigenvalue weighted by Crippen LogP contribution is -2.39. The van der Waals surface area contributed by atoms with Crippen molar-refractivity contribution in [3.63, 3.8) is 0 Å². The second-order valence-corrected chi connectivity index (χ2v) is 6.91. The number of nitrogens with zero attached hydrogens (tertiary/aromatic N) is 1. The molecule has 0 amide bonds. The van der Waals surface area contributed by atoms with E-state index in [0.717, 1.165) is 43.2 Å². The van der Waals surface area contributed by atoms with E-state index in [2.05, 4.69) is 15.7 Å². The number of carbonyl (C=O) groups excluding carboxylic acids is 1. The molecule has 1 aliphatic rings. The van der Waals surface area contributed by atoms with Crippen molar-refractivity contribution in [3.05, 3.63) is 64.7 Å². The molecule has 1 fully saturated rings. The maximum atomic E-state index is 11.1. The number of halogens is 2. The van der Waals surface area contributed by atoms with Gasteiger partial charge in [0.15, 0.2) is 6.61 Å². The van der Waals surface area contributed by atoms with E-state index in [4.69, 9.17) is 21.1 Å². The van der Waals surface area contributed by atoms with Gasteiger partial charge in [0.2, 0.25) is 0 Å². The van der Waals surface area contributed by atoms with Gasteiger partial charge in [0.25, 0.3) is 0 Å². The maximum Gasteiger partial charge on any atom is 0.343 e. The first-order valence-corrected chi connectivity index (χ1v) is 9.40. The first-order valence-electron chi connectivity index (χ1n) is 9.02. The van der Waals surface area contributed by atoms with Gasteiger partial charge in [0.05, 0.1) is 19.8 Å². The summed E-state index contributed by atoms with van der Waals surface area (Å²) in [7, 11) is 1.34. The summed E-state index contributed by atoms with van der Waals surface area (Å²) < 4.78 is 15.8. The fraction of sp³-hybridized carbons (Fsp3) is 0.381. The molecule has 0 aromatic heterocycles. The van der Waals surface area contributed by atoms with E-state index in [-0.39, 0.29) is 31.1 Å². The molecule has 2 aromatic carbocycles. The van der Waals surface area contributed by atoms with Gasteiger partial charge >= 0.3 is 5.97 Å². The molecule has 1 aliphatic heterocycles. The molecule has 0 aliphatic carbocycles. The molecule has 5 nitrogen and oxygen atoms in total. The Morgan fingerprint density at radius 3 is 2.75 bits per heavy atom. The van der Waals surface area contributed by atoms with Gasteiger partial charge in [-0.3, -0.25) is 4.90 Å². The van der Waals surface area contributed by atoms with E-state index >= 15 is 0 Å². The van der Waals surface area contributed by atoms with Crippen LogP contribution < -0.4 is 4.74 Å². The van der Waals surface area contributed by atoms with Crippen LogP contribution in [0.1, 0.15) is 17.2 Å². The Morgan fingerprint density at radius 2 is 2.04 bits per heavy atom. The molecule has 28 heavy (non-hydrogen) atoms. The smallest absolute Gasteiger partial charge is 0.343 e. The van der Waals surface area contributed by atoms with Crippen molar-refractivity contribution in [2.24, 2.45) is 0 Å². The molecule has 0 N–H and O–H groups in total. The Balaban J connectivity index is 0.00000280. The third-order valence-corrected chi connectivity index (χ3v) is 4.83. The Bertz CT molecular complexity index is 754. The molecule has 1 unspecified atom stereocenters. The van der Waals surface area contributed by atoms with Crippen LogP contribution in [0.4, 0.5) is 0 Å². The second-order valence-electron chi connectivity index (χ2n) is 6.47. The van der Waals surface area contributed by atoms with Crippen molar-refractivity contribution in [1.82, 2.24) is 4.90 Å². The molecular formula is C21H25Cl2NO4. The van der Waals surface area contributed by atoms with Gasteiger partial charge in [0.1, 0.15) is 5.75 Å². The van der Waals surface area contributed by atoms with E-state index in [1.807, 2.05) is 42.5 Å². The number of benzene rings is 2. The first kappa shape index (κ1) is 22.5. The SMILES string of the molecule is COC(=O)COc1ccc(CCN2CCOC(c3cccc(Cl)c3)C2)cc1.Cl. The van der Waals surface area contributed by atoms with Crippen LogP contribution in [0, 0.1) is 0 Å². The molecule has 7 heteroatoms. The molecule has 152 valence electrons. The number of carbonyl (C=O) groups is 1. The molecule has 0 radical (unpaired) electrons. The number of hydrogen-bond acceptors (Lipinski definition) is 5. The number of rotatable bonds is 7. The number of esters is 1. The number of hydrogen-bond donors (Lipinski definition) is 0. The lowest BCUT2D eigenvalue weighted by atomic mass is 10.1. The Hall–Kier alpha value is -1.79. The summed E-state index contributed by atoms with van der Waals surface area (Å²) in [5.41, 5.74) is 2.35. The van der Waals surface area contributed by atoms with E-state index in [9.17, 15) is 4.79 Å². The third-order valence-electron chi connectivity index (χ3n) is 4.60. The zero-order valence-corrected chi connectivity index (χ0v) is 17.4. The highest BCUT2D eigenvalue weighted by Crippen LogP contribution is 2.24. The Morgan fingerprint density at radius 1 is 1.25 bits per heavy atom. The van der Waals surface area contributed by atoms with E-state index < -0.39 is 0 Å². The Kier molecular flexibility index (Phi) is 9.06. The highest BCUT2D eigenvalue weighted by molar-refractivity contribution is 6.30. The fourth-order valence-electron chi connectivity index (χ4n) is 3.05. The van der Waals surface area contributed by atoms with Gasteiger partial charge in [-0.05, 0) is 41.8 Å². The first-order chi connectivity index (χ1) is 13.1. The van der Waals surface area contributed by atoms with Crippen LogP contribution in [0.25, 0.3) is 0 Å². The summed E-state index contributed by atoms with van der Waals surface area (Å²) in [6.07, 6.45) is 1.01. The largest absolute Gasteiger partial charge is 0.482 e. The van der Waals surface area contributed by atoms with Gasteiger partial charge in [0, 0.05) is 24.7 Å². The standard InChI is InChI=1S/C21H24ClNO4.ClH/c1-25-21(24)15-27-19-7-5-16(6-8-19)9-10-23-11-12-26-20(14-23)17-3-2-4-18(22)13-17;/h2-8,13,20H,9-12,14-15H2,1H3;1H. The minimum absolute atomic E-state index is 0. The highest BCUT2D eigenvalue weighted by atomic mass is 35.5. The summed E-state index contributed by atoms with van der Waals surface area (Å²) in [5, 5.41) is 0.739. The zero-order valence-electron chi connectivity index (χ0n) is 15.8. The fourth-order valence-corrected chi connectivity index (χ4v) is 3.25. The number of methoxy groups -OCH3 is 1. The molecule has 1 saturated heterocycles. The van der Waals surface area contributed by atoms with Gasteiger partial charge in [-0.25, -0.2) is 4.79 Å². The minimum atomic E-state index is -0.388. The topological polar surface area (TPSA) is 48.0 Å². The Labute approximate surface area is 176 Å². The summed E-state index contributed by atoms with van der Waals surface area (Å²) >= 11 is 6.10. The van der Waals surface area contributed by atoms with Crippen LogP contribution in [0.2, 0.25) is 5.02 Å². The summed E-state index contributed by atoms with van der Waals surface area (Å²) in [4.78, 5) is 13.5. The van der Waals surface area contributed by atoms with Gasteiger partial charge in [-0.15, -0.1) is 12.4 Å². The average molecular weight is 426 g/mol. The van der Waals surface area contributed by atoms with Gasteiger partial charge in [-0.1, -0.05) is 35.9 Å². The van der Waals surface area contributed by atoms with Crippen LogP contribution in [-0.4, -0.2) is 50.8 Å². The maximum absolute atomic E-state index is 11.1. The normalized spacial score (nSPS) is 16.9. The molecule has 1 heterocycles. The monoisotopic (exact) mass is 425 g/mol. The van der Waals surface area contributed by atoms with Crippen molar-refractivity contribution in [1.29, 1.82) is 0 Å². The summed E-state index contributed by atoms with van der Waals surface area (Å²) in [6, 6.07) is 15.7. The quantitative estimate of drug-likeness (QED) is 0.628. The van der Waals surface area contributed by atoms with Crippen molar-refractivity contribution in [3.8, 4) is 5.75 Å². The van der Waals surface area contributed by atoms with E-state index in [0.29, 0.717) is 5.75 Å². The highest BCUT2D eigenvalue weighted by Gasteiger charge is 2.21. The number of ether oxygens (including phenoxy) is 3. The lowest BCUT2D eigenvalue weighted by Gasteiger charge is -2.33. The van der Waals surface area contributed by atoms with E-state index in [1.165, 1.54) is 12.7 Å². The van der Waals surface area contributed by atoms with Crippen molar-refractivity contribution < 1.29 is 19.0 Å². The van der Waals surface area contributed by atoms with Crippen LogP contribution >= 0.6 is 24.0 Å². The minimum Gasteiger partial charge on any atom is -0.482 e. The summed E-state index contributed by atoms with van der Waals surface area (Å²) in [5.74, 6) is 0.275. The summed E-state index contributed by atoms with van der Waals surface area (Å²) in [6.45, 7) is 3.40. The molecule has 2 aromatic rings. The predicted molar refractivity (Wildman–Crippen MR) is 111 cm³/mol. The van der Waals surface area contributed by atoms with Crippen LogP contribution in [0.5, 0.6) is 5.75 Å². The average Bonchev–Trinajstić information content (AvgIpc) is 2.71. The van der Waals surface area contributed by atoms with Gasteiger partial charge < -0.3 is 14.2 Å². The second kappa shape index (κ2) is 11.3. The van der Waals surface area contributed by atoms with Crippen LogP contribution in [0.3, 0.4) is 0 Å². The van der Waals surface area contributed by atoms with Crippen molar-refractivity contribution in [2.45, 2.75) is 12.5 Å². The molecule has 0 bridgehead atoms. The van der Waals surface area contributed by atoms with Crippen molar-refractivity contribution >= 4 is 30.0 Å². The molecule has 0 spiro atoms. The van der Waals surface area contributed by atoms with Crippen molar-refractivity contribution in [2.75, 3.05) is 40.0 Å². The zero-order chi connectivity index (χ0) is 19.1. The number of morpholine rings is 1. The third kappa shape index (κ3) is 6.67. The molecule has 1 atom stereocenters. The van der Waals surface area contributed by atoms with E-state index in [1.54, 1.807) is 0 Å². The van der Waals surface area contributed by atoms with Gasteiger partial charge in [-0.2, -0.15) is 0 Å². The molecule has 3 rings (SSSR count). The van der Waals surface area contributed by atoms with Crippen LogP contribution in [0.15, 0.2) is 48.5 Å². The predicted octanol–water partition coefficient (Wildman–Crippen LogP) is 3.93. The molecule has 0 saturated carbocycles. The van der Waals surface area contributed by atoms with Crippen LogP contribution in [-0.2, 0) is 20.7 Å².